The highest BCUT2D eigenvalue weighted by Gasteiger charge is 2.45. The van der Waals surface area contributed by atoms with Crippen molar-refractivity contribution in [3.8, 4) is 22.3 Å². The van der Waals surface area contributed by atoms with Crippen LogP contribution in [0.5, 0.6) is 0 Å². The first-order valence-corrected chi connectivity index (χ1v) is 12.3. The molecular weight excluding hydrogens is 420 g/mol. The fourth-order valence-corrected chi connectivity index (χ4v) is 6.73. The molecule has 0 aliphatic heterocycles. The molecule has 8 rings (SSSR count). The third-order valence-corrected chi connectivity index (χ3v) is 8.08. The van der Waals surface area contributed by atoms with E-state index in [2.05, 4.69) is 133 Å². The molecule has 162 valence electrons. The molecule has 6 aromatic rings. The molecule has 2 aliphatic carbocycles. The summed E-state index contributed by atoms with van der Waals surface area (Å²) in [7, 11) is 0. The fraction of sp³-hybridized carbons (Fsp3) is 0.0286. The molecule has 0 fully saturated rings. The van der Waals surface area contributed by atoms with Crippen molar-refractivity contribution < 1.29 is 0 Å². The van der Waals surface area contributed by atoms with Gasteiger partial charge in [0.05, 0.1) is 5.41 Å². The summed E-state index contributed by atoms with van der Waals surface area (Å²) < 4.78 is 0. The van der Waals surface area contributed by atoms with E-state index in [0.717, 1.165) is 0 Å². The molecule has 0 heterocycles. The van der Waals surface area contributed by atoms with E-state index in [9.17, 15) is 0 Å². The Balaban J connectivity index is 1.64. The van der Waals surface area contributed by atoms with Crippen LogP contribution in [0.25, 0.3) is 49.9 Å². The van der Waals surface area contributed by atoms with Gasteiger partial charge in [-0.05, 0) is 66.1 Å². The summed E-state index contributed by atoms with van der Waals surface area (Å²) in [5.41, 5.74) is 10.3. The minimum absolute atomic E-state index is 0.370. The van der Waals surface area contributed by atoms with E-state index in [1.165, 1.54) is 66.1 Å². The Morgan fingerprint density at radius 1 is 0.371 bits per heavy atom. The van der Waals surface area contributed by atoms with E-state index in [4.69, 9.17) is 0 Å². The summed E-state index contributed by atoms with van der Waals surface area (Å²) in [6, 6.07) is 44.8. The molecule has 0 saturated heterocycles. The third-order valence-electron chi connectivity index (χ3n) is 8.08. The quantitative estimate of drug-likeness (QED) is 0.206. The zero-order chi connectivity index (χ0) is 23.0. The van der Waals surface area contributed by atoms with Gasteiger partial charge in [0.1, 0.15) is 0 Å². The van der Waals surface area contributed by atoms with Crippen LogP contribution in [0.1, 0.15) is 22.3 Å². The minimum Gasteiger partial charge on any atom is -0.0645 e. The first kappa shape index (κ1) is 18.9. The summed E-state index contributed by atoms with van der Waals surface area (Å²) in [4.78, 5) is 0. The number of allylic oxidation sites excluding steroid dienone is 1. The SMILES string of the molecule is C1=CC2(c3ccccc3-c3ccccc3-c3ccccc32)c2c1c1ccccc1c1ccccc21. The maximum absolute atomic E-state index is 2.47. The second-order valence-corrected chi connectivity index (χ2v) is 9.66. The van der Waals surface area contributed by atoms with Crippen LogP contribution in [0.15, 0.2) is 127 Å². The van der Waals surface area contributed by atoms with Crippen molar-refractivity contribution in [1.82, 2.24) is 0 Å². The lowest BCUT2D eigenvalue weighted by molar-refractivity contribution is 0.811. The van der Waals surface area contributed by atoms with Crippen LogP contribution in [0, 0.1) is 0 Å². The molecule has 0 bridgehead atoms. The molecule has 0 amide bonds. The highest BCUT2D eigenvalue weighted by atomic mass is 14.5. The molecule has 1 spiro atoms. The van der Waals surface area contributed by atoms with Crippen LogP contribution in [-0.4, -0.2) is 0 Å². The summed E-state index contributed by atoms with van der Waals surface area (Å²) in [6.45, 7) is 0. The first-order chi connectivity index (χ1) is 17.4. The Labute approximate surface area is 204 Å². The van der Waals surface area contributed by atoms with E-state index < -0.39 is 0 Å². The first-order valence-electron chi connectivity index (χ1n) is 12.3. The molecule has 35 heavy (non-hydrogen) atoms. The molecule has 0 nitrogen and oxygen atoms in total. The minimum atomic E-state index is -0.370. The summed E-state index contributed by atoms with van der Waals surface area (Å²) in [6.07, 6.45) is 4.85. The molecule has 0 atom stereocenters. The number of benzene rings is 6. The second kappa shape index (κ2) is 6.81. The normalized spacial score (nSPS) is 14.4. The monoisotopic (exact) mass is 442 g/mol. The molecule has 2 aliphatic rings. The van der Waals surface area contributed by atoms with Gasteiger partial charge in [0, 0.05) is 0 Å². The molecule has 0 N–H and O–H groups in total. The molecule has 0 aromatic heterocycles. The van der Waals surface area contributed by atoms with Crippen LogP contribution in [0.2, 0.25) is 0 Å². The molecule has 6 aromatic carbocycles. The summed E-state index contributed by atoms with van der Waals surface area (Å²) in [5.74, 6) is 0. The van der Waals surface area contributed by atoms with E-state index in [1.54, 1.807) is 0 Å². The van der Waals surface area contributed by atoms with Crippen molar-refractivity contribution in [3.63, 3.8) is 0 Å². The highest BCUT2D eigenvalue weighted by Crippen LogP contribution is 2.57. The Morgan fingerprint density at radius 3 is 1.40 bits per heavy atom. The predicted octanol–water partition coefficient (Wildman–Crippen LogP) is 9.00. The second-order valence-electron chi connectivity index (χ2n) is 9.66. The lowest BCUT2D eigenvalue weighted by atomic mass is 9.67. The Morgan fingerprint density at radius 2 is 0.800 bits per heavy atom. The van der Waals surface area contributed by atoms with Crippen LogP contribution >= 0.6 is 0 Å². The van der Waals surface area contributed by atoms with Crippen LogP contribution in [0.3, 0.4) is 0 Å². The number of hydrogen-bond donors (Lipinski definition) is 0. The maximum Gasteiger partial charge on any atom is 0.0659 e. The number of hydrogen-bond acceptors (Lipinski definition) is 0. The lowest BCUT2D eigenvalue weighted by Gasteiger charge is -2.34. The Hall–Kier alpha value is -4.42. The Bertz CT molecular complexity index is 1780. The number of rotatable bonds is 0. The van der Waals surface area contributed by atoms with Gasteiger partial charge in [-0.25, -0.2) is 0 Å². The van der Waals surface area contributed by atoms with Crippen LogP contribution in [-0.2, 0) is 5.41 Å². The van der Waals surface area contributed by atoms with Crippen LogP contribution in [0.4, 0.5) is 0 Å². The molecular formula is C35H22. The highest BCUT2D eigenvalue weighted by molar-refractivity contribution is 6.15. The third kappa shape index (κ3) is 2.32. The largest absolute Gasteiger partial charge is 0.0659 e. The van der Waals surface area contributed by atoms with Crippen LogP contribution < -0.4 is 0 Å². The molecule has 0 unspecified atom stereocenters. The Kier molecular flexibility index (Phi) is 3.68. The lowest BCUT2D eigenvalue weighted by Crippen LogP contribution is -2.26. The van der Waals surface area contributed by atoms with Gasteiger partial charge in [0.25, 0.3) is 0 Å². The zero-order valence-corrected chi connectivity index (χ0v) is 19.2. The number of fused-ring (bicyclic) bond motifs is 14. The van der Waals surface area contributed by atoms with Gasteiger partial charge >= 0.3 is 0 Å². The molecule has 0 radical (unpaired) electrons. The van der Waals surface area contributed by atoms with Gasteiger partial charge in [-0.3, -0.25) is 0 Å². The van der Waals surface area contributed by atoms with Gasteiger partial charge in [-0.1, -0.05) is 133 Å². The standard InChI is InChI=1S/C35H22/c1-4-15-27-23(11-1)26-14-5-6-18-30(26)34-31(27)21-22-35(34)32-19-9-7-16-28(32)24-12-2-3-13-25(24)29-17-8-10-20-33(29)35/h1-22H. The average Bonchev–Trinajstić information content (AvgIpc) is 3.31. The van der Waals surface area contributed by atoms with E-state index in [1.807, 2.05) is 0 Å². The topological polar surface area (TPSA) is 0 Å². The van der Waals surface area contributed by atoms with Crippen molar-refractivity contribution in [2.24, 2.45) is 0 Å². The van der Waals surface area contributed by atoms with Gasteiger partial charge in [-0.15, -0.1) is 0 Å². The van der Waals surface area contributed by atoms with Crippen molar-refractivity contribution in [1.29, 1.82) is 0 Å². The van der Waals surface area contributed by atoms with Crippen molar-refractivity contribution in [3.05, 3.63) is 150 Å². The van der Waals surface area contributed by atoms with Crippen molar-refractivity contribution in [2.45, 2.75) is 5.41 Å². The maximum atomic E-state index is 2.47. The smallest absolute Gasteiger partial charge is 0.0645 e. The van der Waals surface area contributed by atoms with Crippen molar-refractivity contribution >= 4 is 27.6 Å². The predicted molar refractivity (Wildman–Crippen MR) is 148 cm³/mol. The van der Waals surface area contributed by atoms with E-state index in [-0.39, 0.29) is 5.41 Å². The summed E-state index contributed by atoms with van der Waals surface area (Å²) in [5, 5.41) is 5.30. The van der Waals surface area contributed by atoms with Gasteiger partial charge in [0.2, 0.25) is 0 Å². The van der Waals surface area contributed by atoms with Gasteiger partial charge < -0.3 is 0 Å². The van der Waals surface area contributed by atoms with E-state index >= 15 is 0 Å². The molecule has 0 saturated carbocycles. The molecule has 0 heteroatoms. The van der Waals surface area contributed by atoms with Crippen molar-refractivity contribution in [2.75, 3.05) is 0 Å². The fourth-order valence-electron chi connectivity index (χ4n) is 6.73. The average molecular weight is 443 g/mol. The van der Waals surface area contributed by atoms with Gasteiger partial charge in [0.15, 0.2) is 0 Å². The van der Waals surface area contributed by atoms with Gasteiger partial charge in [-0.2, -0.15) is 0 Å². The summed E-state index contributed by atoms with van der Waals surface area (Å²) >= 11 is 0. The van der Waals surface area contributed by atoms with E-state index in [0.29, 0.717) is 0 Å². The zero-order valence-electron chi connectivity index (χ0n) is 19.2.